The van der Waals surface area contributed by atoms with Crippen LogP contribution < -0.4 is 10.7 Å². The molecule has 1 aromatic carbocycles. The Kier molecular flexibility index (Phi) is 4.07. The molecule has 1 N–H and O–H groups in total. The Hall–Kier alpha value is -2.95. The second kappa shape index (κ2) is 6.41. The molecule has 1 amide bonds. The van der Waals surface area contributed by atoms with E-state index in [0.717, 1.165) is 29.7 Å². The standard InChI is InChI=1S/C21H21N3O2/c1-13-5-4-9-22-18(13)11-14(2)23-21(26)17-12-24-10-8-15-6-3-7-16(19(15)24)20(17)25/h3-7,9,12,14H,8,10-11H2,1-2H3,(H,23,26)/t14-/m1/s1. The Balaban J connectivity index is 1.61. The van der Waals surface area contributed by atoms with Crippen molar-refractivity contribution in [2.24, 2.45) is 0 Å². The molecule has 0 saturated heterocycles. The molecule has 2 aromatic heterocycles. The molecule has 1 atom stereocenters. The molecule has 0 bridgehead atoms. The van der Waals surface area contributed by atoms with Gasteiger partial charge in [0.2, 0.25) is 5.43 Å². The van der Waals surface area contributed by atoms with Crippen LogP contribution in [0, 0.1) is 6.92 Å². The first-order chi connectivity index (χ1) is 12.5. The van der Waals surface area contributed by atoms with Gasteiger partial charge in [-0.1, -0.05) is 18.2 Å². The first-order valence-corrected chi connectivity index (χ1v) is 8.91. The number of para-hydroxylation sites is 1. The van der Waals surface area contributed by atoms with E-state index in [1.54, 1.807) is 18.5 Å². The summed E-state index contributed by atoms with van der Waals surface area (Å²) in [4.78, 5) is 29.9. The summed E-state index contributed by atoms with van der Waals surface area (Å²) in [5.41, 5.74) is 4.20. The van der Waals surface area contributed by atoms with Crippen LogP contribution >= 0.6 is 0 Å². The SMILES string of the molecule is Cc1cccnc1C[C@@H](C)NC(=O)c1cn2c3c(cccc3c1=O)CC2. The highest BCUT2D eigenvalue weighted by Crippen LogP contribution is 2.23. The van der Waals surface area contributed by atoms with Crippen LogP contribution in [0.15, 0.2) is 47.5 Å². The highest BCUT2D eigenvalue weighted by molar-refractivity contribution is 5.98. The molecule has 0 aliphatic carbocycles. The Bertz CT molecular complexity index is 1070. The van der Waals surface area contributed by atoms with Crippen molar-refractivity contribution in [3.8, 4) is 0 Å². The smallest absolute Gasteiger partial charge is 0.256 e. The molecule has 0 saturated carbocycles. The van der Waals surface area contributed by atoms with Gasteiger partial charge in [0.15, 0.2) is 0 Å². The first kappa shape index (κ1) is 16.5. The van der Waals surface area contributed by atoms with E-state index in [1.165, 1.54) is 5.56 Å². The summed E-state index contributed by atoms with van der Waals surface area (Å²) in [5.74, 6) is -0.320. The van der Waals surface area contributed by atoms with Gasteiger partial charge in [0, 0.05) is 42.5 Å². The number of amides is 1. The van der Waals surface area contributed by atoms with Gasteiger partial charge < -0.3 is 9.88 Å². The Morgan fingerprint density at radius 1 is 1.31 bits per heavy atom. The van der Waals surface area contributed by atoms with Crippen molar-refractivity contribution in [1.82, 2.24) is 14.9 Å². The minimum Gasteiger partial charge on any atom is -0.349 e. The van der Waals surface area contributed by atoms with Crippen molar-refractivity contribution in [3.05, 3.63) is 75.3 Å². The molecule has 1 aliphatic rings. The average Bonchev–Trinajstić information content (AvgIpc) is 3.04. The summed E-state index contributed by atoms with van der Waals surface area (Å²) in [7, 11) is 0. The van der Waals surface area contributed by atoms with Gasteiger partial charge in [0.05, 0.1) is 5.52 Å². The van der Waals surface area contributed by atoms with Gasteiger partial charge in [-0.25, -0.2) is 0 Å². The normalized spacial score (nSPS) is 13.8. The van der Waals surface area contributed by atoms with E-state index in [2.05, 4.69) is 10.3 Å². The largest absolute Gasteiger partial charge is 0.349 e. The summed E-state index contributed by atoms with van der Waals surface area (Å²) in [5, 5.41) is 3.58. The molecule has 132 valence electrons. The van der Waals surface area contributed by atoms with Gasteiger partial charge in [-0.15, -0.1) is 0 Å². The summed E-state index contributed by atoms with van der Waals surface area (Å²) >= 11 is 0. The molecule has 0 radical (unpaired) electrons. The second-order valence-electron chi connectivity index (χ2n) is 6.97. The molecule has 5 heteroatoms. The number of hydrogen-bond donors (Lipinski definition) is 1. The van der Waals surface area contributed by atoms with E-state index in [-0.39, 0.29) is 22.9 Å². The molecule has 0 fully saturated rings. The van der Waals surface area contributed by atoms with Crippen molar-refractivity contribution in [2.75, 3.05) is 0 Å². The van der Waals surface area contributed by atoms with Gasteiger partial charge in [-0.05, 0) is 43.5 Å². The number of benzene rings is 1. The number of carbonyl (C=O) groups excluding carboxylic acids is 1. The number of aromatic nitrogens is 2. The first-order valence-electron chi connectivity index (χ1n) is 8.91. The molecule has 4 rings (SSSR count). The maximum absolute atomic E-state index is 12.8. The number of aryl methyl sites for hydroxylation is 3. The zero-order chi connectivity index (χ0) is 18.3. The van der Waals surface area contributed by atoms with E-state index in [4.69, 9.17) is 0 Å². The number of nitrogens with zero attached hydrogens (tertiary/aromatic N) is 2. The third-order valence-electron chi connectivity index (χ3n) is 5.04. The molecular formula is C21H21N3O2. The van der Waals surface area contributed by atoms with E-state index >= 15 is 0 Å². The maximum Gasteiger partial charge on any atom is 0.256 e. The topological polar surface area (TPSA) is 64.0 Å². The van der Waals surface area contributed by atoms with Crippen molar-refractivity contribution in [3.63, 3.8) is 0 Å². The molecule has 0 unspecified atom stereocenters. The zero-order valence-electron chi connectivity index (χ0n) is 15.0. The predicted octanol–water partition coefficient (Wildman–Crippen LogP) is 2.62. The quantitative estimate of drug-likeness (QED) is 0.789. The van der Waals surface area contributed by atoms with Crippen molar-refractivity contribution in [1.29, 1.82) is 0 Å². The fraction of sp³-hybridized carbons (Fsp3) is 0.286. The van der Waals surface area contributed by atoms with Crippen LogP contribution in [-0.4, -0.2) is 21.5 Å². The monoisotopic (exact) mass is 347 g/mol. The number of carbonyl (C=O) groups is 1. The Labute approximate surface area is 151 Å². The minimum absolute atomic E-state index is 0.115. The third-order valence-corrected chi connectivity index (χ3v) is 5.04. The molecule has 3 heterocycles. The molecular weight excluding hydrogens is 326 g/mol. The molecule has 3 aromatic rings. The third kappa shape index (κ3) is 2.79. The van der Waals surface area contributed by atoms with Crippen molar-refractivity contribution >= 4 is 16.8 Å². The number of hydrogen-bond acceptors (Lipinski definition) is 3. The lowest BCUT2D eigenvalue weighted by molar-refractivity contribution is 0.0938. The molecule has 0 spiro atoms. The average molecular weight is 347 g/mol. The summed E-state index contributed by atoms with van der Waals surface area (Å²) < 4.78 is 2.02. The van der Waals surface area contributed by atoms with Gasteiger partial charge in [0.1, 0.15) is 5.56 Å². The zero-order valence-corrected chi connectivity index (χ0v) is 15.0. The van der Waals surface area contributed by atoms with E-state index in [9.17, 15) is 9.59 Å². The highest BCUT2D eigenvalue weighted by Gasteiger charge is 2.21. The number of rotatable bonds is 4. The van der Waals surface area contributed by atoms with Gasteiger partial charge >= 0.3 is 0 Å². The second-order valence-corrected chi connectivity index (χ2v) is 6.97. The van der Waals surface area contributed by atoms with Crippen molar-refractivity contribution < 1.29 is 4.79 Å². The molecule has 26 heavy (non-hydrogen) atoms. The summed E-state index contributed by atoms with van der Waals surface area (Å²) in [6.45, 7) is 4.74. The predicted molar refractivity (Wildman–Crippen MR) is 102 cm³/mol. The Morgan fingerprint density at radius 2 is 2.15 bits per heavy atom. The Morgan fingerprint density at radius 3 is 2.96 bits per heavy atom. The lowest BCUT2D eigenvalue weighted by Crippen LogP contribution is -2.37. The fourth-order valence-corrected chi connectivity index (χ4v) is 3.69. The van der Waals surface area contributed by atoms with E-state index < -0.39 is 0 Å². The maximum atomic E-state index is 12.8. The van der Waals surface area contributed by atoms with Crippen LogP contribution in [0.4, 0.5) is 0 Å². The van der Waals surface area contributed by atoms with Crippen LogP contribution in [0.25, 0.3) is 10.9 Å². The van der Waals surface area contributed by atoms with E-state index in [0.29, 0.717) is 11.8 Å². The van der Waals surface area contributed by atoms with Gasteiger partial charge in [0.25, 0.3) is 5.91 Å². The molecule has 1 aliphatic heterocycles. The van der Waals surface area contributed by atoms with Crippen molar-refractivity contribution in [2.45, 2.75) is 39.3 Å². The van der Waals surface area contributed by atoms with Crippen LogP contribution in [0.3, 0.4) is 0 Å². The van der Waals surface area contributed by atoms with E-state index in [1.807, 2.05) is 42.7 Å². The van der Waals surface area contributed by atoms with Crippen LogP contribution in [-0.2, 0) is 19.4 Å². The van der Waals surface area contributed by atoms with Crippen LogP contribution in [0.1, 0.15) is 34.1 Å². The summed E-state index contributed by atoms with van der Waals surface area (Å²) in [6, 6.07) is 9.53. The fourth-order valence-electron chi connectivity index (χ4n) is 3.69. The number of pyridine rings is 2. The molecule has 5 nitrogen and oxygen atoms in total. The van der Waals surface area contributed by atoms with Gasteiger partial charge in [-0.2, -0.15) is 0 Å². The lowest BCUT2D eigenvalue weighted by atomic mass is 10.1. The lowest BCUT2D eigenvalue weighted by Gasteiger charge is -2.15. The van der Waals surface area contributed by atoms with Gasteiger partial charge in [-0.3, -0.25) is 14.6 Å². The highest BCUT2D eigenvalue weighted by atomic mass is 16.2. The van der Waals surface area contributed by atoms with Crippen LogP contribution in [0.5, 0.6) is 0 Å². The summed E-state index contributed by atoms with van der Waals surface area (Å²) in [6.07, 6.45) is 4.99. The van der Waals surface area contributed by atoms with Crippen LogP contribution in [0.2, 0.25) is 0 Å². The minimum atomic E-state index is -0.320. The number of nitrogens with one attached hydrogen (secondary N) is 1.